The van der Waals surface area contributed by atoms with Crippen LogP contribution in [0.15, 0.2) is 0 Å². The van der Waals surface area contributed by atoms with E-state index in [0.717, 1.165) is 19.0 Å². The Kier molecular flexibility index (Phi) is 6.11. The SMILES string of the molecule is CCN(CCNC1CCC(C)C1)C(=O)OC(C)(C)C. The van der Waals surface area contributed by atoms with Crippen LogP contribution in [0.1, 0.15) is 53.9 Å². The van der Waals surface area contributed by atoms with Gasteiger partial charge >= 0.3 is 6.09 Å². The van der Waals surface area contributed by atoms with Crippen molar-refractivity contribution in [1.82, 2.24) is 10.2 Å². The van der Waals surface area contributed by atoms with E-state index in [4.69, 9.17) is 4.74 Å². The summed E-state index contributed by atoms with van der Waals surface area (Å²) in [6, 6.07) is 0.632. The van der Waals surface area contributed by atoms with Crippen LogP contribution in [0.4, 0.5) is 4.79 Å². The first-order valence-electron chi connectivity index (χ1n) is 7.53. The van der Waals surface area contributed by atoms with Crippen LogP contribution in [0, 0.1) is 5.92 Å². The lowest BCUT2D eigenvalue weighted by Crippen LogP contribution is -2.41. The minimum Gasteiger partial charge on any atom is -0.444 e. The quantitative estimate of drug-likeness (QED) is 0.835. The van der Waals surface area contributed by atoms with E-state index in [1.54, 1.807) is 4.90 Å². The summed E-state index contributed by atoms with van der Waals surface area (Å²) in [7, 11) is 0. The van der Waals surface area contributed by atoms with Crippen molar-refractivity contribution in [2.75, 3.05) is 19.6 Å². The highest BCUT2D eigenvalue weighted by atomic mass is 16.6. The van der Waals surface area contributed by atoms with Crippen molar-refractivity contribution in [2.45, 2.75) is 65.5 Å². The Hall–Kier alpha value is -0.770. The molecule has 112 valence electrons. The molecule has 0 heterocycles. The minimum absolute atomic E-state index is 0.211. The van der Waals surface area contributed by atoms with Gasteiger partial charge in [0.05, 0.1) is 0 Å². The second-order valence-corrected chi connectivity index (χ2v) is 6.63. The molecule has 2 atom stereocenters. The van der Waals surface area contributed by atoms with E-state index in [9.17, 15) is 4.79 Å². The van der Waals surface area contributed by atoms with Gasteiger partial charge in [-0.3, -0.25) is 0 Å². The van der Waals surface area contributed by atoms with E-state index in [0.29, 0.717) is 12.6 Å². The predicted molar refractivity (Wildman–Crippen MR) is 78.3 cm³/mol. The second kappa shape index (κ2) is 7.13. The maximum absolute atomic E-state index is 11.9. The van der Waals surface area contributed by atoms with Gasteiger partial charge in [-0.1, -0.05) is 6.92 Å². The zero-order valence-electron chi connectivity index (χ0n) is 13.2. The molecule has 19 heavy (non-hydrogen) atoms. The molecule has 1 N–H and O–H groups in total. The van der Waals surface area contributed by atoms with Gasteiger partial charge in [-0.25, -0.2) is 4.79 Å². The first-order chi connectivity index (χ1) is 8.81. The number of nitrogens with one attached hydrogen (secondary N) is 1. The summed E-state index contributed by atoms with van der Waals surface area (Å²) in [6.45, 7) is 12.3. The normalized spacial score (nSPS) is 23.4. The Bertz CT molecular complexity index is 286. The Balaban J connectivity index is 2.26. The van der Waals surface area contributed by atoms with E-state index in [-0.39, 0.29) is 6.09 Å². The van der Waals surface area contributed by atoms with Crippen LogP contribution in [0.3, 0.4) is 0 Å². The maximum atomic E-state index is 11.9. The molecule has 1 amide bonds. The molecule has 1 aliphatic carbocycles. The monoisotopic (exact) mass is 270 g/mol. The molecule has 0 saturated heterocycles. The number of nitrogens with zero attached hydrogens (tertiary/aromatic N) is 1. The topological polar surface area (TPSA) is 41.6 Å². The average molecular weight is 270 g/mol. The Labute approximate surface area is 117 Å². The van der Waals surface area contributed by atoms with Gasteiger partial charge in [-0.05, 0) is 52.9 Å². The van der Waals surface area contributed by atoms with Crippen molar-refractivity contribution < 1.29 is 9.53 Å². The number of hydrogen-bond acceptors (Lipinski definition) is 3. The Morgan fingerprint density at radius 2 is 2.05 bits per heavy atom. The highest BCUT2D eigenvalue weighted by Gasteiger charge is 2.23. The zero-order valence-corrected chi connectivity index (χ0v) is 13.2. The van der Waals surface area contributed by atoms with Crippen LogP contribution in [0.5, 0.6) is 0 Å². The van der Waals surface area contributed by atoms with Crippen molar-refractivity contribution in [2.24, 2.45) is 5.92 Å². The zero-order chi connectivity index (χ0) is 14.5. The van der Waals surface area contributed by atoms with E-state index in [1.807, 2.05) is 27.7 Å². The Morgan fingerprint density at radius 3 is 2.53 bits per heavy atom. The highest BCUT2D eigenvalue weighted by Crippen LogP contribution is 2.24. The van der Waals surface area contributed by atoms with Gasteiger partial charge in [-0.15, -0.1) is 0 Å². The molecule has 0 aliphatic heterocycles. The lowest BCUT2D eigenvalue weighted by Gasteiger charge is -2.27. The van der Waals surface area contributed by atoms with Crippen molar-refractivity contribution in [3.63, 3.8) is 0 Å². The van der Waals surface area contributed by atoms with E-state index < -0.39 is 5.60 Å². The van der Waals surface area contributed by atoms with Crippen LogP contribution >= 0.6 is 0 Å². The molecular formula is C15H30N2O2. The van der Waals surface area contributed by atoms with Crippen molar-refractivity contribution in [1.29, 1.82) is 0 Å². The van der Waals surface area contributed by atoms with Crippen LogP contribution in [0.2, 0.25) is 0 Å². The van der Waals surface area contributed by atoms with Gasteiger partial charge in [0.1, 0.15) is 5.60 Å². The summed E-state index contributed by atoms with van der Waals surface area (Å²) in [6.07, 6.45) is 3.64. The van der Waals surface area contributed by atoms with Gasteiger partial charge in [0.15, 0.2) is 0 Å². The van der Waals surface area contributed by atoms with E-state index in [2.05, 4.69) is 12.2 Å². The molecule has 4 heteroatoms. The number of ether oxygens (including phenoxy) is 1. The fourth-order valence-corrected chi connectivity index (χ4v) is 2.50. The van der Waals surface area contributed by atoms with Crippen LogP contribution in [-0.4, -0.2) is 42.3 Å². The third-order valence-corrected chi connectivity index (χ3v) is 3.54. The molecule has 1 aliphatic rings. The standard InChI is InChI=1S/C15H30N2O2/c1-6-17(14(18)19-15(3,4)5)10-9-16-13-8-7-12(2)11-13/h12-13,16H,6-11H2,1-5H3. The second-order valence-electron chi connectivity index (χ2n) is 6.63. The molecule has 0 bridgehead atoms. The van der Waals surface area contributed by atoms with E-state index in [1.165, 1.54) is 19.3 Å². The van der Waals surface area contributed by atoms with Gasteiger partial charge in [0.25, 0.3) is 0 Å². The fraction of sp³-hybridized carbons (Fsp3) is 0.933. The van der Waals surface area contributed by atoms with Crippen molar-refractivity contribution >= 4 is 6.09 Å². The first kappa shape index (κ1) is 16.3. The first-order valence-corrected chi connectivity index (χ1v) is 7.53. The smallest absolute Gasteiger partial charge is 0.410 e. The highest BCUT2D eigenvalue weighted by molar-refractivity contribution is 5.68. The summed E-state index contributed by atoms with van der Waals surface area (Å²) in [5.41, 5.74) is -0.418. The van der Waals surface area contributed by atoms with Crippen molar-refractivity contribution in [3.8, 4) is 0 Å². The molecule has 1 fully saturated rings. The molecule has 0 spiro atoms. The minimum atomic E-state index is -0.418. The summed E-state index contributed by atoms with van der Waals surface area (Å²) in [4.78, 5) is 13.7. The van der Waals surface area contributed by atoms with Crippen molar-refractivity contribution in [3.05, 3.63) is 0 Å². The third-order valence-electron chi connectivity index (χ3n) is 3.54. The summed E-state index contributed by atoms with van der Waals surface area (Å²) in [5.74, 6) is 0.839. The Morgan fingerprint density at radius 1 is 1.37 bits per heavy atom. The van der Waals surface area contributed by atoms with E-state index >= 15 is 0 Å². The lowest BCUT2D eigenvalue weighted by atomic mass is 10.1. The third kappa shape index (κ3) is 6.28. The molecule has 0 aromatic carbocycles. The summed E-state index contributed by atoms with van der Waals surface area (Å²) >= 11 is 0. The number of amides is 1. The lowest BCUT2D eigenvalue weighted by molar-refractivity contribution is 0.0261. The summed E-state index contributed by atoms with van der Waals surface area (Å²) in [5, 5.41) is 3.55. The van der Waals surface area contributed by atoms with Gasteiger partial charge in [0.2, 0.25) is 0 Å². The molecule has 1 saturated carbocycles. The van der Waals surface area contributed by atoms with Crippen LogP contribution in [0.25, 0.3) is 0 Å². The molecular weight excluding hydrogens is 240 g/mol. The number of rotatable bonds is 5. The van der Waals surface area contributed by atoms with Crippen LogP contribution in [-0.2, 0) is 4.74 Å². The van der Waals surface area contributed by atoms with Crippen LogP contribution < -0.4 is 5.32 Å². The van der Waals surface area contributed by atoms with Gasteiger partial charge < -0.3 is 15.0 Å². The molecule has 0 aromatic heterocycles. The number of hydrogen-bond donors (Lipinski definition) is 1. The number of likely N-dealkylation sites (N-methyl/N-ethyl adjacent to an activating group) is 1. The fourth-order valence-electron chi connectivity index (χ4n) is 2.50. The largest absolute Gasteiger partial charge is 0.444 e. The maximum Gasteiger partial charge on any atom is 0.410 e. The van der Waals surface area contributed by atoms with Gasteiger partial charge in [0, 0.05) is 25.7 Å². The summed E-state index contributed by atoms with van der Waals surface area (Å²) < 4.78 is 5.39. The molecule has 4 nitrogen and oxygen atoms in total. The number of carbonyl (C=O) groups is 1. The molecule has 1 rings (SSSR count). The average Bonchev–Trinajstić information content (AvgIpc) is 2.68. The number of carbonyl (C=O) groups excluding carboxylic acids is 1. The molecule has 0 radical (unpaired) electrons. The molecule has 0 aromatic rings. The predicted octanol–water partition coefficient (Wildman–Crippen LogP) is 3.02. The van der Waals surface area contributed by atoms with Gasteiger partial charge in [-0.2, -0.15) is 0 Å². The molecule has 2 unspecified atom stereocenters.